The molecule has 1 fully saturated rings. The molecular weight excluding hydrogens is 406 g/mol. The Hall–Kier alpha value is -2.54. The van der Waals surface area contributed by atoms with Crippen molar-refractivity contribution in [1.29, 1.82) is 0 Å². The average Bonchev–Trinajstić information content (AvgIpc) is 3.20. The molecule has 0 saturated carbocycles. The van der Waals surface area contributed by atoms with Crippen LogP contribution in [-0.2, 0) is 4.79 Å². The van der Waals surface area contributed by atoms with Crippen LogP contribution >= 0.6 is 0 Å². The molecule has 1 aromatic carbocycles. The van der Waals surface area contributed by atoms with Gasteiger partial charge in [0.05, 0.1) is 5.60 Å². The number of aliphatic hydroxyl groups is 1. The van der Waals surface area contributed by atoms with Crippen molar-refractivity contribution in [2.75, 3.05) is 26.2 Å². The second kappa shape index (κ2) is 11.9. The summed E-state index contributed by atoms with van der Waals surface area (Å²) in [6.45, 7) is 11.7. The second-order valence-electron chi connectivity index (χ2n) is 8.82. The zero-order valence-electron chi connectivity index (χ0n) is 20.2. The minimum absolute atomic E-state index is 0.00526. The Kier molecular flexibility index (Phi) is 9.57. The van der Waals surface area contributed by atoms with Gasteiger partial charge in [-0.05, 0) is 69.7 Å². The van der Waals surface area contributed by atoms with Crippen molar-refractivity contribution >= 4 is 22.7 Å². The van der Waals surface area contributed by atoms with Gasteiger partial charge in [-0.15, -0.1) is 0 Å². The molecule has 1 aliphatic heterocycles. The van der Waals surface area contributed by atoms with E-state index in [1.165, 1.54) is 0 Å². The van der Waals surface area contributed by atoms with E-state index in [1.54, 1.807) is 6.07 Å². The van der Waals surface area contributed by atoms with Crippen molar-refractivity contribution in [2.24, 2.45) is 5.92 Å². The Morgan fingerprint density at radius 2 is 1.91 bits per heavy atom. The number of ether oxygens (including phenoxy) is 1. The van der Waals surface area contributed by atoms with E-state index < -0.39 is 5.60 Å². The Labute approximate surface area is 191 Å². The molecule has 1 saturated heterocycles. The largest absolute Gasteiger partial charge is 0.484 e. The lowest BCUT2D eigenvalue weighted by atomic mass is 9.86. The fraction of sp³-hybridized carbons (Fsp3) is 0.600. The molecule has 178 valence electrons. The smallest absolute Gasteiger partial charge is 0.270 e. The van der Waals surface area contributed by atoms with Crippen LogP contribution in [-0.4, -0.2) is 58.6 Å². The van der Waals surface area contributed by atoms with Crippen molar-refractivity contribution < 1.29 is 19.4 Å². The zero-order chi connectivity index (χ0) is 23.7. The molecule has 0 radical (unpaired) electrons. The van der Waals surface area contributed by atoms with Gasteiger partial charge in [0, 0.05) is 30.5 Å². The van der Waals surface area contributed by atoms with Gasteiger partial charge >= 0.3 is 0 Å². The van der Waals surface area contributed by atoms with Crippen LogP contribution in [0.3, 0.4) is 0 Å². The number of hydrogen-bond donors (Lipinski definition) is 3. The highest BCUT2D eigenvalue weighted by Gasteiger charge is 2.28. The molecule has 0 spiro atoms. The van der Waals surface area contributed by atoms with Crippen LogP contribution in [0.15, 0.2) is 24.3 Å². The van der Waals surface area contributed by atoms with E-state index in [0.717, 1.165) is 36.6 Å². The standard InChI is InChI=1S/C23H33N3O4.C2H6/c1-4-9-24-21(27)15-30-18-5-6-19-17(12-18)13-20(25-19)22(28)26-10-7-16(8-11-26)14-23(2,3)29;1-2/h5-6,12-13,16,25,29H,4,7-11,14-15H2,1-3H3,(H,24,27);1-2H3. The number of carbonyl (C=O) groups is 2. The average molecular weight is 446 g/mol. The molecule has 0 aliphatic carbocycles. The van der Waals surface area contributed by atoms with E-state index >= 15 is 0 Å². The Bertz CT molecular complexity index is 877. The maximum absolute atomic E-state index is 12.9. The summed E-state index contributed by atoms with van der Waals surface area (Å²) in [7, 11) is 0. The number of piperidine rings is 1. The van der Waals surface area contributed by atoms with Crippen LogP contribution in [0, 0.1) is 5.92 Å². The van der Waals surface area contributed by atoms with Crippen molar-refractivity contribution in [3.05, 3.63) is 30.0 Å². The maximum atomic E-state index is 12.9. The molecule has 3 N–H and O–H groups in total. The number of benzene rings is 1. The first kappa shape index (κ1) is 25.7. The first-order valence-corrected chi connectivity index (χ1v) is 11.8. The van der Waals surface area contributed by atoms with Gasteiger partial charge in [0.25, 0.3) is 11.8 Å². The van der Waals surface area contributed by atoms with Crippen molar-refractivity contribution in [2.45, 2.75) is 65.9 Å². The van der Waals surface area contributed by atoms with E-state index in [-0.39, 0.29) is 18.4 Å². The number of fused-ring (bicyclic) bond motifs is 1. The van der Waals surface area contributed by atoms with Gasteiger partial charge in [-0.25, -0.2) is 0 Å². The number of H-pyrrole nitrogens is 1. The number of rotatable bonds is 8. The molecule has 7 heteroatoms. The van der Waals surface area contributed by atoms with Gasteiger partial charge in [0.2, 0.25) is 0 Å². The Morgan fingerprint density at radius 3 is 2.53 bits per heavy atom. The predicted octanol–water partition coefficient (Wildman–Crippen LogP) is 4.11. The molecule has 2 amide bonds. The summed E-state index contributed by atoms with van der Waals surface area (Å²) in [5.74, 6) is 0.898. The number of carbonyl (C=O) groups excluding carboxylic acids is 2. The second-order valence-corrected chi connectivity index (χ2v) is 8.82. The van der Waals surface area contributed by atoms with E-state index in [9.17, 15) is 14.7 Å². The number of nitrogens with one attached hydrogen (secondary N) is 2. The number of aromatic nitrogens is 1. The Morgan fingerprint density at radius 1 is 1.22 bits per heavy atom. The number of amides is 2. The third-order valence-electron chi connectivity index (χ3n) is 5.45. The van der Waals surface area contributed by atoms with Crippen molar-refractivity contribution in [3.63, 3.8) is 0 Å². The highest BCUT2D eigenvalue weighted by molar-refractivity contribution is 5.98. The van der Waals surface area contributed by atoms with Crippen molar-refractivity contribution in [3.8, 4) is 5.75 Å². The number of likely N-dealkylation sites (tertiary alicyclic amines) is 1. The summed E-state index contributed by atoms with van der Waals surface area (Å²) in [6.07, 6.45) is 3.47. The maximum Gasteiger partial charge on any atom is 0.270 e. The van der Waals surface area contributed by atoms with Crippen LogP contribution in [0.2, 0.25) is 0 Å². The summed E-state index contributed by atoms with van der Waals surface area (Å²) in [4.78, 5) is 29.7. The minimum Gasteiger partial charge on any atom is -0.484 e. The van der Waals surface area contributed by atoms with E-state index in [2.05, 4.69) is 10.3 Å². The summed E-state index contributed by atoms with van der Waals surface area (Å²) in [5, 5.41) is 13.7. The summed E-state index contributed by atoms with van der Waals surface area (Å²) >= 11 is 0. The molecule has 0 bridgehead atoms. The van der Waals surface area contributed by atoms with Gasteiger partial charge in [0.1, 0.15) is 11.4 Å². The zero-order valence-corrected chi connectivity index (χ0v) is 20.2. The third kappa shape index (κ3) is 7.55. The fourth-order valence-electron chi connectivity index (χ4n) is 4.00. The molecule has 3 rings (SSSR count). The monoisotopic (exact) mass is 445 g/mol. The molecule has 1 aromatic heterocycles. The normalized spacial score (nSPS) is 14.6. The van der Waals surface area contributed by atoms with Gasteiger partial charge in [-0.2, -0.15) is 0 Å². The molecule has 0 atom stereocenters. The molecule has 0 unspecified atom stereocenters. The third-order valence-corrected chi connectivity index (χ3v) is 5.45. The van der Waals surface area contributed by atoms with Gasteiger partial charge in [0.15, 0.2) is 6.61 Å². The van der Waals surface area contributed by atoms with E-state index in [4.69, 9.17) is 4.74 Å². The highest BCUT2D eigenvalue weighted by Crippen LogP contribution is 2.28. The van der Waals surface area contributed by atoms with Crippen LogP contribution in [0.4, 0.5) is 0 Å². The Balaban J connectivity index is 0.00000176. The fourth-order valence-corrected chi connectivity index (χ4v) is 4.00. The van der Waals surface area contributed by atoms with Crippen molar-refractivity contribution in [1.82, 2.24) is 15.2 Å². The van der Waals surface area contributed by atoms with Gasteiger partial charge < -0.3 is 25.0 Å². The number of aromatic amines is 1. The quantitative estimate of drug-likeness (QED) is 0.570. The molecule has 2 aromatic rings. The first-order valence-electron chi connectivity index (χ1n) is 11.8. The lowest BCUT2D eigenvalue weighted by Crippen LogP contribution is -2.40. The van der Waals surface area contributed by atoms with Crippen LogP contribution < -0.4 is 10.1 Å². The first-order chi connectivity index (χ1) is 15.2. The topological polar surface area (TPSA) is 94.7 Å². The SMILES string of the molecule is CC.CCCNC(=O)COc1ccc2[nH]c(C(=O)N3CCC(CC(C)(C)O)CC3)cc2c1. The molecule has 7 nitrogen and oxygen atoms in total. The lowest BCUT2D eigenvalue weighted by Gasteiger charge is -2.34. The number of nitrogens with zero attached hydrogens (tertiary/aromatic N) is 1. The molecule has 1 aliphatic rings. The van der Waals surface area contributed by atoms with Gasteiger partial charge in [-0.1, -0.05) is 20.8 Å². The van der Waals surface area contributed by atoms with Crippen LogP contribution in [0.25, 0.3) is 10.9 Å². The molecular formula is C25H39N3O4. The van der Waals surface area contributed by atoms with Gasteiger partial charge in [-0.3, -0.25) is 9.59 Å². The van der Waals surface area contributed by atoms with Crippen LogP contribution in [0.5, 0.6) is 5.75 Å². The van der Waals surface area contributed by atoms with E-state index in [0.29, 0.717) is 37.0 Å². The summed E-state index contributed by atoms with van der Waals surface area (Å²) in [6, 6.07) is 7.33. The predicted molar refractivity (Wildman–Crippen MR) is 128 cm³/mol. The summed E-state index contributed by atoms with van der Waals surface area (Å²) < 4.78 is 5.57. The molecule has 32 heavy (non-hydrogen) atoms. The summed E-state index contributed by atoms with van der Waals surface area (Å²) in [5.41, 5.74) is 0.756. The minimum atomic E-state index is -0.662. The van der Waals surface area contributed by atoms with Crippen LogP contribution in [0.1, 0.15) is 70.8 Å². The highest BCUT2D eigenvalue weighted by atomic mass is 16.5. The lowest BCUT2D eigenvalue weighted by molar-refractivity contribution is -0.123. The molecule has 2 heterocycles. The number of hydrogen-bond acceptors (Lipinski definition) is 4. The van der Waals surface area contributed by atoms with E-state index in [1.807, 2.05) is 57.7 Å².